The highest BCUT2D eigenvalue weighted by atomic mass is 79.9. The molecule has 1 aliphatic carbocycles. The Morgan fingerprint density at radius 1 is 1.14 bits per heavy atom. The largest absolute Gasteiger partial charge is 0.314 e. The van der Waals surface area contributed by atoms with Gasteiger partial charge in [-0.1, -0.05) is 0 Å². The van der Waals surface area contributed by atoms with Crippen molar-refractivity contribution in [1.29, 1.82) is 0 Å². The molecule has 1 heterocycles. The molecule has 0 bridgehead atoms. The molecule has 1 saturated heterocycles. The zero-order valence-corrected chi connectivity index (χ0v) is 14.7. The summed E-state index contributed by atoms with van der Waals surface area (Å²) < 4.78 is 28.8. The van der Waals surface area contributed by atoms with Gasteiger partial charge in [0.2, 0.25) is 0 Å². The maximum atomic E-state index is 14.3. The molecule has 1 N–H and O–H groups in total. The van der Waals surface area contributed by atoms with E-state index in [-0.39, 0.29) is 36.4 Å². The molecule has 2 nitrogen and oxygen atoms in total. The summed E-state index contributed by atoms with van der Waals surface area (Å²) >= 11 is 3.17. The number of hydrogen-bond acceptors (Lipinski definition) is 2. The molecule has 0 radical (unpaired) electrons. The molecule has 1 atom stereocenters. The minimum atomic E-state index is -0.435. The Balaban J connectivity index is 0.00000110. The number of nitrogens with one attached hydrogen (secondary N) is 1. The molecule has 1 saturated carbocycles. The second-order valence-electron chi connectivity index (χ2n) is 5.33. The third kappa shape index (κ3) is 4.08. The number of nitrogens with zero attached hydrogens (tertiary/aromatic N) is 1. The Morgan fingerprint density at radius 2 is 1.76 bits per heavy atom. The number of rotatable bonds is 3. The minimum absolute atomic E-state index is 0. The van der Waals surface area contributed by atoms with E-state index in [0.29, 0.717) is 10.4 Å². The molecule has 1 aliphatic heterocycles. The van der Waals surface area contributed by atoms with Crippen LogP contribution in [0.3, 0.4) is 0 Å². The third-order valence-corrected chi connectivity index (χ3v) is 4.60. The molecule has 3 rings (SSSR count). The maximum absolute atomic E-state index is 14.3. The summed E-state index contributed by atoms with van der Waals surface area (Å²) in [6, 6.07) is 2.69. The molecule has 0 spiro atoms. The molecule has 0 amide bonds. The Kier molecular flexibility index (Phi) is 7.34. The van der Waals surface area contributed by atoms with Gasteiger partial charge in [-0.2, -0.15) is 0 Å². The van der Waals surface area contributed by atoms with Crippen LogP contribution in [0.2, 0.25) is 0 Å². The van der Waals surface area contributed by atoms with E-state index in [0.717, 1.165) is 39.0 Å². The van der Waals surface area contributed by atoms with Gasteiger partial charge < -0.3 is 5.32 Å². The Labute approximate surface area is 144 Å². The van der Waals surface area contributed by atoms with Crippen molar-refractivity contribution >= 4 is 40.7 Å². The first-order valence-electron chi connectivity index (χ1n) is 6.76. The van der Waals surface area contributed by atoms with Gasteiger partial charge in [-0.15, -0.1) is 24.8 Å². The fraction of sp³-hybridized carbons (Fsp3) is 0.571. The molecule has 1 aromatic carbocycles. The van der Waals surface area contributed by atoms with Crippen LogP contribution in [0.25, 0.3) is 0 Å². The third-order valence-electron chi connectivity index (χ3n) is 3.99. The molecule has 0 unspecified atom stereocenters. The molecule has 7 heteroatoms. The van der Waals surface area contributed by atoms with Crippen LogP contribution < -0.4 is 5.32 Å². The molecule has 21 heavy (non-hydrogen) atoms. The predicted octanol–water partition coefficient (Wildman–Crippen LogP) is 3.93. The molecule has 2 fully saturated rings. The predicted molar refractivity (Wildman–Crippen MR) is 88.5 cm³/mol. The van der Waals surface area contributed by atoms with Crippen LogP contribution in [0.4, 0.5) is 8.78 Å². The van der Waals surface area contributed by atoms with Gasteiger partial charge in [-0.25, -0.2) is 8.78 Å². The molecule has 120 valence electrons. The van der Waals surface area contributed by atoms with E-state index in [9.17, 15) is 8.78 Å². The number of benzene rings is 1. The standard InChI is InChI=1S/C14H17BrF2N2.2ClH/c15-10-3-4-11(16)12(13(10)17)14(9-1-2-9)19-7-5-18-6-8-19;;/h3-4,9,14,18H,1-2,5-8H2;2*1H/t14-;;/m1../s1. The second kappa shape index (κ2) is 8.06. The summed E-state index contributed by atoms with van der Waals surface area (Å²) in [5.74, 6) is -0.456. The van der Waals surface area contributed by atoms with E-state index in [1.54, 1.807) is 0 Å². The lowest BCUT2D eigenvalue weighted by Crippen LogP contribution is -2.46. The van der Waals surface area contributed by atoms with Gasteiger partial charge in [0, 0.05) is 37.8 Å². The SMILES string of the molecule is Cl.Cl.Fc1ccc(Br)c(F)c1[C@@H](C1CC1)N1CCNCC1. The van der Waals surface area contributed by atoms with Crippen molar-refractivity contribution in [2.75, 3.05) is 26.2 Å². The fourth-order valence-corrected chi connectivity index (χ4v) is 3.25. The molecule has 1 aromatic rings. The summed E-state index contributed by atoms with van der Waals surface area (Å²) in [6.45, 7) is 3.49. The summed E-state index contributed by atoms with van der Waals surface area (Å²) in [4.78, 5) is 2.22. The molecular formula is C14H19BrCl2F2N2. The summed E-state index contributed by atoms with van der Waals surface area (Å²) in [6.07, 6.45) is 2.14. The quantitative estimate of drug-likeness (QED) is 0.769. The average Bonchev–Trinajstić information content (AvgIpc) is 3.24. The van der Waals surface area contributed by atoms with Crippen LogP contribution in [0.5, 0.6) is 0 Å². The molecule has 0 aromatic heterocycles. The van der Waals surface area contributed by atoms with Crippen LogP contribution >= 0.6 is 40.7 Å². The van der Waals surface area contributed by atoms with Crippen molar-refractivity contribution in [3.63, 3.8) is 0 Å². The van der Waals surface area contributed by atoms with E-state index < -0.39 is 11.6 Å². The van der Waals surface area contributed by atoms with Gasteiger partial charge in [0.05, 0.1) is 4.47 Å². The van der Waals surface area contributed by atoms with Gasteiger partial charge >= 0.3 is 0 Å². The van der Waals surface area contributed by atoms with Gasteiger partial charge in [0.1, 0.15) is 11.6 Å². The van der Waals surface area contributed by atoms with E-state index in [2.05, 4.69) is 26.1 Å². The molecule has 2 aliphatic rings. The fourth-order valence-electron chi connectivity index (χ4n) is 2.90. The lowest BCUT2D eigenvalue weighted by Gasteiger charge is -2.35. The van der Waals surface area contributed by atoms with Crippen molar-refractivity contribution in [3.05, 3.63) is 33.8 Å². The van der Waals surface area contributed by atoms with Crippen molar-refractivity contribution in [3.8, 4) is 0 Å². The Hall–Kier alpha value is 0.0600. The summed E-state index contributed by atoms with van der Waals surface area (Å²) in [5, 5.41) is 3.28. The minimum Gasteiger partial charge on any atom is -0.314 e. The average molecular weight is 404 g/mol. The highest BCUT2D eigenvalue weighted by Crippen LogP contribution is 2.46. The van der Waals surface area contributed by atoms with E-state index in [1.165, 1.54) is 12.1 Å². The van der Waals surface area contributed by atoms with Crippen LogP contribution in [0.1, 0.15) is 24.4 Å². The van der Waals surface area contributed by atoms with Crippen molar-refractivity contribution in [2.24, 2.45) is 5.92 Å². The monoisotopic (exact) mass is 402 g/mol. The maximum Gasteiger partial charge on any atom is 0.145 e. The van der Waals surface area contributed by atoms with E-state index >= 15 is 0 Å². The highest BCUT2D eigenvalue weighted by molar-refractivity contribution is 9.10. The summed E-state index contributed by atoms with van der Waals surface area (Å²) in [7, 11) is 0. The Bertz CT molecular complexity index is 480. The van der Waals surface area contributed by atoms with Crippen LogP contribution in [0.15, 0.2) is 16.6 Å². The number of hydrogen-bond donors (Lipinski definition) is 1. The van der Waals surface area contributed by atoms with Crippen molar-refractivity contribution < 1.29 is 8.78 Å². The lowest BCUT2D eigenvalue weighted by molar-refractivity contribution is 0.149. The highest BCUT2D eigenvalue weighted by Gasteiger charge is 2.39. The second-order valence-corrected chi connectivity index (χ2v) is 6.18. The first kappa shape index (κ1) is 19.1. The van der Waals surface area contributed by atoms with Gasteiger partial charge in [-0.05, 0) is 46.8 Å². The number of piperazine rings is 1. The Morgan fingerprint density at radius 3 is 2.33 bits per heavy atom. The smallest absolute Gasteiger partial charge is 0.145 e. The first-order valence-corrected chi connectivity index (χ1v) is 7.56. The zero-order chi connectivity index (χ0) is 13.4. The zero-order valence-electron chi connectivity index (χ0n) is 11.4. The van der Waals surface area contributed by atoms with Crippen molar-refractivity contribution in [2.45, 2.75) is 18.9 Å². The topological polar surface area (TPSA) is 15.3 Å². The summed E-state index contributed by atoms with van der Waals surface area (Å²) in [5.41, 5.74) is 0.249. The lowest BCUT2D eigenvalue weighted by atomic mass is 9.98. The van der Waals surface area contributed by atoms with Crippen LogP contribution in [-0.2, 0) is 0 Å². The van der Waals surface area contributed by atoms with E-state index in [4.69, 9.17) is 0 Å². The van der Waals surface area contributed by atoms with Gasteiger partial charge in [0.25, 0.3) is 0 Å². The van der Waals surface area contributed by atoms with Gasteiger partial charge in [0.15, 0.2) is 0 Å². The van der Waals surface area contributed by atoms with Crippen LogP contribution in [0, 0.1) is 17.6 Å². The normalized spacial score (nSPS) is 20.3. The number of halogens is 5. The van der Waals surface area contributed by atoms with Gasteiger partial charge in [-0.3, -0.25) is 4.90 Å². The first-order chi connectivity index (χ1) is 9.18. The van der Waals surface area contributed by atoms with E-state index in [1.807, 2.05) is 0 Å². The van der Waals surface area contributed by atoms with Crippen molar-refractivity contribution in [1.82, 2.24) is 10.2 Å². The molecular weight excluding hydrogens is 385 g/mol. The van der Waals surface area contributed by atoms with Crippen LogP contribution in [-0.4, -0.2) is 31.1 Å².